The highest BCUT2D eigenvalue weighted by atomic mass is 35.5. The summed E-state index contributed by atoms with van der Waals surface area (Å²) in [6.45, 7) is 0. The molecule has 0 fully saturated rings. The molecule has 2 N–H and O–H groups in total. The lowest BCUT2D eigenvalue weighted by Gasteiger charge is -2.11. The molecule has 2 aromatic heterocycles. The van der Waals surface area contributed by atoms with Gasteiger partial charge in [-0.25, -0.2) is 9.97 Å². The number of anilines is 1. The van der Waals surface area contributed by atoms with Crippen molar-refractivity contribution in [2.75, 3.05) is 5.43 Å². The molecule has 0 unspecified atom stereocenters. The highest BCUT2D eigenvalue weighted by Crippen LogP contribution is 2.29. The number of carbonyl (C=O) groups is 1. The zero-order valence-corrected chi connectivity index (χ0v) is 14.2. The maximum Gasteiger partial charge on any atom is 0.305 e. The first-order chi connectivity index (χ1) is 12.7. The van der Waals surface area contributed by atoms with E-state index in [1.807, 2.05) is 42.5 Å². The largest absolute Gasteiger partial charge is 0.459 e. The van der Waals surface area contributed by atoms with Crippen LogP contribution in [-0.4, -0.2) is 15.9 Å². The Morgan fingerprint density at radius 1 is 1.00 bits per heavy atom. The van der Waals surface area contributed by atoms with Crippen LogP contribution in [0.5, 0.6) is 0 Å². The molecule has 0 aliphatic heterocycles. The van der Waals surface area contributed by atoms with E-state index in [0.29, 0.717) is 16.2 Å². The van der Waals surface area contributed by atoms with Crippen LogP contribution < -0.4 is 10.9 Å². The molecule has 0 saturated carbocycles. The van der Waals surface area contributed by atoms with Crippen LogP contribution in [-0.2, 0) is 0 Å². The maximum atomic E-state index is 12.0. The van der Waals surface area contributed by atoms with Crippen molar-refractivity contribution in [2.45, 2.75) is 0 Å². The van der Waals surface area contributed by atoms with Gasteiger partial charge in [-0.15, -0.1) is 0 Å². The number of amides is 1. The average Bonchev–Trinajstić information content (AvgIpc) is 3.21. The number of rotatable bonds is 4. The van der Waals surface area contributed by atoms with Crippen LogP contribution in [0.3, 0.4) is 0 Å². The fraction of sp³-hybridized carbons (Fsp3) is 0. The van der Waals surface area contributed by atoms with Gasteiger partial charge in [0.2, 0.25) is 5.95 Å². The first-order valence-electron chi connectivity index (χ1n) is 7.83. The topological polar surface area (TPSA) is 80.0 Å². The number of fused-ring (bicyclic) bond motifs is 1. The third kappa shape index (κ3) is 3.22. The molecule has 0 saturated heterocycles. The van der Waals surface area contributed by atoms with Gasteiger partial charge in [0.1, 0.15) is 0 Å². The molecule has 26 heavy (non-hydrogen) atoms. The van der Waals surface area contributed by atoms with Crippen LogP contribution in [0.2, 0.25) is 5.02 Å². The van der Waals surface area contributed by atoms with Gasteiger partial charge in [-0.05, 0) is 30.3 Å². The Bertz CT molecular complexity index is 1070. The molecule has 0 aliphatic rings. The lowest BCUT2D eigenvalue weighted by molar-refractivity contribution is 0.0935. The minimum absolute atomic E-state index is 0.188. The molecule has 6 nitrogen and oxygen atoms in total. The number of hydrogen-bond donors (Lipinski definition) is 2. The number of nitrogens with zero attached hydrogens (tertiary/aromatic N) is 2. The van der Waals surface area contributed by atoms with Crippen LogP contribution >= 0.6 is 11.6 Å². The summed E-state index contributed by atoms with van der Waals surface area (Å²) >= 11 is 6.14. The van der Waals surface area contributed by atoms with Gasteiger partial charge in [-0.1, -0.05) is 41.9 Å². The van der Waals surface area contributed by atoms with E-state index < -0.39 is 5.91 Å². The number of hydrazine groups is 1. The number of carbonyl (C=O) groups excluding carboxylic acids is 1. The summed E-state index contributed by atoms with van der Waals surface area (Å²) in [5.74, 6) is 0.0306. The molecule has 128 valence electrons. The second kappa shape index (κ2) is 6.85. The third-order valence-electron chi connectivity index (χ3n) is 3.74. The van der Waals surface area contributed by atoms with E-state index in [9.17, 15) is 4.79 Å². The van der Waals surface area contributed by atoms with E-state index in [0.717, 1.165) is 10.9 Å². The van der Waals surface area contributed by atoms with Crippen LogP contribution in [0, 0.1) is 0 Å². The maximum absolute atomic E-state index is 12.0. The highest BCUT2D eigenvalue weighted by molar-refractivity contribution is 6.31. The summed E-state index contributed by atoms with van der Waals surface area (Å²) in [6, 6.07) is 18.3. The van der Waals surface area contributed by atoms with Crippen molar-refractivity contribution in [1.29, 1.82) is 0 Å². The van der Waals surface area contributed by atoms with E-state index in [1.54, 1.807) is 18.2 Å². The summed E-state index contributed by atoms with van der Waals surface area (Å²) in [6.07, 6.45) is 1.43. The smallest absolute Gasteiger partial charge is 0.305 e. The lowest BCUT2D eigenvalue weighted by atomic mass is 10.1. The molecule has 0 spiro atoms. The van der Waals surface area contributed by atoms with E-state index >= 15 is 0 Å². The Morgan fingerprint density at radius 2 is 1.85 bits per heavy atom. The summed E-state index contributed by atoms with van der Waals surface area (Å²) in [4.78, 5) is 21.0. The summed E-state index contributed by atoms with van der Waals surface area (Å²) in [5.41, 5.74) is 7.60. The molecule has 2 heterocycles. The molecule has 0 bridgehead atoms. The van der Waals surface area contributed by atoms with Crippen LogP contribution in [0.25, 0.3) is 22.2 Å². The van der Waals surface area contributed by atoms with Crippen LogP contribution in [0.4, 0.5) is 5.95 Å². The zero-order valence-electron chi connectivity index (χ0n) is 13.4. The minimum Gasteiger partial charge on any atom is -0.459 e. The van der Waals surface area contributed by atoms with Gasteiger partial charge in [-0.2, -0.15) is 0 Å². The number of halogens is 1. The minimum atomic E-state index is -0.420. The fourth-order valence-corrected chi connectivity index (χ4v) is 2.73. The van der Waals surface area contributed by atoms with Crippen molar-refractivity contribution >= 4 is 34.4 Å². The molecule has 1 amide bonds. The van der Waals surface area contributed by atoms with Crippen LogP contribution in [0.15, 0.2) is 71.3 Å². The fourth-order valence-electron chi connectivity index (χ4n) is 2.55. The number of aromatic nitrogens is 2. The SMILES string of the molecule is O=C(NNc1nc(-c2ccccc2)c2cc(Cl)ccc2n1)c1ccco1. The average molecular weight is 365 g/mol. The van der Waals surface area contributed by atoms with Crippen molar-refractivity contribution in [2.24, 2.45) is 0 Å². The Morgan fingerprint density at radius 3 is 2.62 bits per heavy atom. The van der Waals surface area contributed by atoms with Gasteiger partial charge < -0.3 is 4.42 Å². The molecule has 4 aromatic rings. The first kappa shape index (κ1) is 16.1. The number of furan rings is 1. The number of nitrogens with one attached hydrogen (secondary N) is 2. The van der Waals surface area contributed by atoms with Gasteiger partial charge in [0, 0.05) is 16.0 Å². The van der Waals surface area contributed by atoms with Gasteiger partial charge in [0.25, 0.3) is 0 Å². The van der Waals surface area contributed by atoms with Gasteiger partial charge in [-0.3, -0.25) is 15.6 Å². The highest BCUT2D eigenvalue weighted by Gasteiger charge is 2.12. The molecular weight excluding hydrogens is 352 g/mol. The lowest BCUT2D eigenvalue weighted by Crippen LogP contribution is -2.30. The molecule has 0 atom stereocenters. The quantitative estimate of drug-likeness (QED) is 0.528. The molecular formula is C19H13ClN4O2. The van der Waals surface area contributed by atoms with E-state index in [4.69, 9.17) is 16.0 Å². The summed E-state index contributed by atoms with van der Waals surface area (Å²) in [7, 11) is 0. The van der Waals surface area contributed by atoms with E-state index in [-0.39, 0.29) is 11.7 Å². The van der Waals surface area contributed by atoms with Crippen molar-refractivity contribution in [1.82, 2.24) is 15.4 Å². The van der Waals surface area contributed by atoms with E-state index in [2.05, 4.69) is 20.8 Å². The van der Waals surface area contributed by atoms with Crippen molar-refractivity contribution in [3.05, 3.63) is 77.7 Å². The standard InChI is InChI=1S/C19H13ClN4O2/c20-13-8-9-15-14(11-13)17(12-5-2-1-3-6-12)22-19(21-15)24-23-18(25)16-7-4-10-26-16/h1-11H,(H,23,25)(H,21,22,24). The predicted octanol–water partition coefficient (Wildman–Crippen LogP) is 4.30. The summed E-state index contributed by atoms with van der Waals surface area (Å²) < 4.78 is 5.05. The second-order valence-corrected chi connectivity index (χ2v) is 5.92. The molecule has 7 heteroatoms. The Labute approximate surface area is 153 Å². The predicted molar refractivity (Wildman–Crippen MR) is 99.8 cm³/mol. The monoisotopic (exact) mass is 364 g/mol. The molecule has 0 aliphatic carbocycles. The number of hydrogen-bond acceptors (Lipinski definition) is 5. The van der Waals surface area contributed by atoms with Crippen molar-refractivity contribution in [3.63, 3.8) is 0 Å². The van der Waals surface area contributed by atoms with Gasteiger partial charge in [0.15, 0.2) is 5.76 Å². The van der Waals surface area contributed by atoms with E-state index in [1.165, 1.54) is 6.26 Å². The molecule has 4 rings (SSSR count). The second-order valence-electron chi connectivity index (χ2n) is 5.48. The molecule has 2 aromatic carbocycles. The Hall–Kier alpha value is -3.38. The van der Waals surface area contributed by atoms with Crippen molar-refractivity contribution in [3.8, 4) is 11.3 Å². The van der Waals surface area contributed by atoms with Crippen LogP contribution in [0.1, 0.15) is 10.6 Å². The summed E-state index contributed by atoms with van der Waals surface area (Å²) in [5, 5.41) is 1.43. The van der Waals surface area contributed by atoms with Gasteiger partial charge >= 0.3 is 5.91 Å². The molecule has 0 radical (unpaired) electrons. The zero-order chi connectivity index (χ0) is 17.9. The third-order valence-corrected chi connectivity index (χ3v) is 3.97. The first-order valence-corrected chi connectivity index (χ1v) is 8.21. The Kier molecular flexibility index (Phi) is 4.25. The Balaban J connectivity index is 1.72. The van der Waals surface area contributed by atoms with Gasteiger partial charge in [0.05, 0.1) is 17.5 Å². The van der Waals surface area contributed by atoms with Crippen molar-refractivity contribution < 1.29 is 9.21 Å². The normalized spacial score (nSPS) is 10.7. The number of benzene rings is 2.